The van der Waals surface area contributed by atoms with E-state index in [-0.39, 0.29) is 28.8 Å². The molecule has 1 amide bonds. The molecule has 6 heteroatoms. The minimum Gasteiger partial charge on any atom is -0.315 e. The predicted octanol–water partition coefficient (Wildman–Crippen LogP) is 3.21. The van der Waals surface area contributed by atoms with Crippen molar-refractivity contribution >= 4 is 21.4 Å². The van der Waals surface area contributed by atoms with Gasteiger partial charge in [-0.25, -0.2) is 12.8 Å². The number of carbonyl (C=O) groups excluding carboxylic acids is 1. The first kappa shape index (κ1) is 18.1. The van der Waals surface area contributed by atoms with E-state index in [1.54, 1.807) is 50.4 Å². The zero-order valence-corrected chi connectivity index (χ0v) is 14.5. The largest absolute Gasteiger partial charge is 0.315 e. The number of sulfone groups is 1. The van der Waals surface area contributed by atoms with Crippen LogP contribution in [0.4, 0.5) is 10.1 Å². The molecule has 4 nitrogen and oxygen atoms in total. The van der Waals surface area contributed by atoms with E-state index in [2.05, 4.69) is 0 Å². The Hall–Kier alpha value is -2.21. The van der Waals surface area contributed by atoms with Gasteiger partial charge in [-0.1, -0.05) is 25.1 Å². The third-order valence-corrected chi connectivity index (χ3v) is 5.61. The van der Waals surface area contributed by atoms with Crippen LogP contribution >= 0.6 is 0 Å². The van der Waals surface area contributed by atoms with E-state index in [0.717, 1.165) is 5.56 Å². The molecule has 0 aromatic heterocycles. The molecule has 0 N–H and O–H groups in total. The summed E-state index contributed by atoms with van der Waals surface area (Å²) in [7, 11) is -1.61. The monoisotopic (exact) mass is 349 g/mol. The van der Waals surface area contributed by atoms with Crippen LogP contribution in [0.5, 0.6) is 0 Å². The van der Waals surface area contributed by atoms with Gasteiger partial charge in [-0.2, -0.15) is 0 Å². The molecular formula is C18H20FNO3S. The quantitative estimate of drug-likeness (QED) is 0.805. The van der Waals surface area contributed by atoms with Gasteiger partial charge in [0.25, 0.3) is 0 Å². The fourth-order valence-electron chi connectivity index (χ4n) is 2.28. The number of nitrogens with zero attached hydrogens (tertiary/aromatic N) is 1. The van der Waals surface area contributed by atoms with Crippen LogP contribution < -0.4 is 4.90 Å². The molecule has 2 aromatic carbocycles. The molecule has 0 bridgehead atoms. The zero-order valence-electron chi connectivity index (χ0n) is 13.7. The molecule has 128 valence electrons. The van der Waals surface area contributed by atoms with Crippen molar-refractivity contribution in [2.75, 3.05) is 17.7 Å². The Balaban J connectivity index is 1.99. The van der Waals surface area contributed by atoms with Crippen molar-refractivity contribution in [3.05, 3.63) is 59.9 Å². The maximum Gasteiger partial charge on any atom is 0.227 e. The van der Waals surface area contributed by atoms with Crippen LogP contribution in [0.1, 0.15) is 18.9 Å². The Morgan fingerprint density at radius 1 is 1.12 bits per heavy atom. The lowest BCUT2D eigenvalue weighted by molar-refractivity contribution is -0.118. The first-order valence-corrected chi connectivity index (χ1v) is 9.32. The number of hydrogen-bond acceptors (Lipinski definition) is 3. The van der Waals surface area contributed by atoms with Crippen molar-refractivity contribution in [1.29, 1.82) is 0 Å². The van der Waals surface area contributed by atoms with Crippen LogP contribution in [0.3, 0.4) is 0 Å². The maximum absolute atomic E-state index is 13.2. The molecule has 0 aliphatic heterocycles. The summed E-state index contributed by atoms with van der Waals surface area (Å²) in [6.45, 7) is 1.60. The lowest BCUT2D eigenvalue weighted by atomic mass is 10.1. The lowest BCUT2D eigenvalue weighted by Gasteiger charge is -2.17. The maximum atomic E-state index is 13.2. The van der Waals surface area contributed by atoms with E-state index >= 15 is 0 Å². The molecule has 0 fully saturated rings. The second-order valence-corrected chi connectivity index (χ2v) is 7.76. The van der Waals surface area contributed by atoms with Crippen LogP contribution in [0.15, 0.2) is 53.4 Å². The number of carbonyl (C=O) groups is 1. The number of benzene rings is 2. The van der Waals surface area contributed by atoms with E-state index in [0.29, 0.717) is 12.1 Å². The molecule has 24 heavy (non-hydrogen) atoms. The summed E-state index contributed by atoms with van der Waals surface area (Å²) in [5, 5.41) is 0. The second-order valence-electron chi connectivity index (χ2n) is 5.48. The summed E-state index contributed by atoms with van der Waals surface area (Å²) in [5.41, 5.74) is 1.38. The van der Waals surface area contributed by atoms with E-state index in [1.165, 1.54) is 17.0 Å². The van der Waals surface area contributed by atoms with Crippen molar-refractivity contribution in [2.45, 2.75) is 24.7 Å². The predicted molar refractivity (Wildman–Crippen MR) is 92.3 cm³/mol. The first-order chi connectivity index (χ1) is 11.3. The molecule has 0 saturated heterocycles. The third kappa shape index (κ3) is 4.41. The van der Waals surface area contributed by atoms with Crippen molar-refractivity contribution in [1.82, 2.24) is 0 Å². The number of anilines is 1. The van der Waals surface area contributed by atoms with Crippen molar-refractivity contribution in [3.8, 4) is 0 Å². The van der Waals surface area contributed by atoms with Gasteiger partial charge in [0.05, 0.1) is 10.6 Å². The Morgan fingerprint density at radius 2 is 1.79 bits per heavy atom. The SMILES string of the molecule is CCS(=O)(=O)c1ccc(CCC(=O)N(C)c2cccc(F)c2)cc1. The highest BCUT2D eigenvalue weighted by molar-refractivity contribution is 7.91. The number of amides is 1. The van der Waals surface area contributed by atoms with Gasteiger partial charge < -0.3 is 4.90 Å². The summed E-state index contributed by atoms with van der Waals surface area (Å²) in [5.74, 6) is -0.464. The molecule has 2 rings (SSSR count). The topological polar surface area (TPSA) is 54.5 Å². The highest BCUT2D eigenvalue weighted by Crippen LogP contribution is 2.17. The molecule has 0 saturated carbocycles. The van der Waals surface area contributed by atoms with Crippen molar-refractivity contribution < 1.29 is 17.6 Å². The molecule has 0 atom stereocenters. The van der Waals surface area contributed by atoms with Gasteiger partial charge in [-0.3, -0.25) is 4.79 Å². The van der Waals surface area contributed by atoms with Crippen LogP contribution in [-0.4, -0.2) is 27.1 Å². The second kappa shape index (κ2) is 7.57. The van der Waals surface area contributed by atoms with Gasteiger partial charge in [0.1, 0.15) is 5.82 Å². The van der Waals surface area contributed by atoms with Gasteiger partial charge in [-0.15, -0.1) is 0 Å². The van der Waals surface area contributed by atoms with Crippen LogP contribution in [0.25, 0.3) is 0 Å². The van der Waals surface area contributed by atoms with Crippen LogP contribution in [0, 0.1) is 5.82 Å². The summed E-state index contributed by atoms with van der Waals surface area (Å²) >= 11 is 0. The fourth-order valence-corrected chi connectivity index (χ4v) is 3.16. The van der Waals surface area contributed by atoms with Gasteiger partial charge in [0.15, 0.2) is 9.84 Å². The Labute approximate surface area is 141 Å². The molecule has 0 aliphatic carbocycles. The molecule has 0 aliphatic rings. The van der Waals surface area contributed by atoms with Gasteiger partial charge in [-0.05, 0) is 42.3 Å². The summed E-state index contributed by atoms with van der Waals surface area (Å²) < 4.78 is 36.7. The van der Waals surface area contributed by atoms with E-state index in [9.17, 15) is 17.6 Å². The number of hydrogen-bond donors (Lipinski definition) is 0. The number of aryl methyl sites for hydroxylation is 1. The van der Waals surface area contributed by atoms with Gasteiger partial charge >= 0.3 is 0 Å². The van der Waals surface area contributed by atoms with Gasteiger partial charge in [0, 0.05) is 19.2 Å². The number of halogens is 1. The molecule has 0 unspecified atom stereocenters. The Kier molecular flexibility index (Phi) is 5.72. The standard InChI is InChI=1S/C18H20FNO3S/c1-3-24(22,23)17-10-7-14(8-11-17)9-12-18(21)20(2)16-6-4-5-15(19)13-16/h4-8,10-11,13H,3,9,12H2,1-2H3. The Morgan fingerprint density at radius 3 is 2.38 bits per heavy atom. The van der Waals surface area contributed by atoms with E-state index < -0.39 is 9.84 Å². The highest BCUT2D eigenvalue weighted by Gasteiger charge is 2.13. The lowest BCUT2D eigenvalue weighted by Crippen LogP contribution is -2.26. The van der Waals surface area contributed by atoms with Crippen molar-refractivity contribution in [3.63, 3.8) is 0 Å². The summed E-state index contributed by atoms with van der Waals surface area (Å²) in [4.78, 5) is 13.9. The third-order valence-electron chi connectivity index (χ3n) is 3.86. The summed E-state index contributed by atoms with van der Waals surface area (Å²) in [6, 6.07) is 12.4. The minimum absolute atomic E-state index is 0.0588. The molecule has 0 heterocycles. The number of rotatable bonds is 6. The molecule has 2 aromatic rings. The molecule has 0 spiro atoms. The average molecular weight is 349 g/mol. The van der Waals surface area contributed by atoms with E-state index in [4.69, 9.17) is 0 Å². The van der Waals surface area contributed by atoms with Crippen LogP contribution in [-0.2, 0) is 21.1 Å². The van der Waals surface area contributed by atoms with Gasteiger partial charge in [0.2, 0.25) is 5.91 Å². The smallest absolute Gasteiger partial charge is 0.227 e. The first-order valence-electron chi connectivity index (χ1n) is 7.67. The average Bonchev–Trinajstić information content (AvgIpc) is 2.59. The Bertz CT molecular complexity index is 816. The van der Waals surface area contributed by atoms with Crippen LogP contribution in [0.2, 0.25) is 0 Å². The summed E-state index contributed by atoms with van der Waals surface area (Å²) in [6.07, 6.45) is 0.748. The molecule has 0 radical (unpaired) electrons. The fraction of sp³-hybridized carbons (Fsp3) is 0.278. The zero-order chi connectivity index (χ0) is 17.7. The van der Waals surface area contributed by atoms with Crippen molar-refractivity contribution in [2.24, 2.45) is 0 Å². The van der Waals surface area contributed by atoms with E-state index in [1.807, 2.05) is 0 Å². The highest BCUT2D eigenvalue weighted by atomic mass is 32.2. The normalized spacial score (nSPS) is 11.3. The molecular weight excluding hydrogens is 329 g/mol. The minimum atomic E-state index is -3.21.